The first-order valence-corrected chi connectivity index (χ1v) is 11.7. The molecule has 8 heteroatoms. The number of benzene rings is 1. The maximum atomic E-state index is 12.0. The molecule has 1 N–H and O–H groups in total. The molecule has 30 heavy (non-hydrogen) atoms. The maximum absolute atomic E-state index is 12.0. The number of carbonyl (C=O) groups is 1. The monoisotopic (exact) mass is 424 g/mol. The van der Waals surface area contributed by atoms with Crippen molar-refractivity contribution in [1.29, 1.82) is 0 Å². The van der Waals surface area contributed by atoms with E-state index in [4.69, 9.17) is 9.98 Å². The van der Waals surface area contributed by atoms with Crippen molar-refractivity contribution >= 4 is 27.2 Å². The van der Waals surface area contributed by atoms with E-state index in [2.05, 4.69) is 9.71 Å². The summed E-state index contributed by atoms with van der Waals surface area (Å²) >= 11 is 0. The number of Topliss-reactive ketones (excluding diaryl/α,β-unsaturated/α-hetero) is 1. The van der Waals surface area contributed by atoms with Crippen LogP contribution in [0.3, 0.4) is 0 Å². The predicted molar refractivity (Wildman–Crippen MR) is 117 cm³/mol. The molecule has 7 nitrogen and oxygen atoms in total. The van der Waals surface area contributed by atoms with Crippen LogP contribution in [-0.2, 0) is 16.4 Å². The van der Waals surface area contributed by atoms with Gasteiger partial charge in [-0.15, -0.1) is 0 Å². The summed E-state index contributed by atoms with van der Waals surface area (Å²) in [6.07, 6.45) is 5.40. The summed E-state index contributed by atoms with van der Waals surface area (Å²) in [5, 5.41) is 0. The second-order valence-corrected chi connectivity index (χ2v) is 10.3. The zero-order valence-electron chi connectivity index (χ0n) is 17.2. The Kier molecular flexibility index (Phi) is 5.15. The normalized spacial score (nSPS) is 18.9. The average Bonchev–Trinajstić information content (AvgIpc) is 3.31. The van der Waals surface area contributed by atoms with Crippen LogP contribution in [-0.4, -0.2) is 49.6 Å². The Labute approximate surface area is 176 Å². The second kappa shape index (κ2) is 7.52. The third kappa shape index (κ3) is 4.11. The highest BCUT2D eigenvalue weighted by Gasteiger charge is 2.36. The number of aryl methyl sites for hydroxylation is 1. The fourth-order valence-electron chi connectivity index (χ4n) is 3.69. The molecule has 2 aromatic rings. The number of fused-ring (bicyclic) bond motifs is 1. The SMILES string of the molecule is CC(C)(CNS(C)(=O)=O)C1N=C(c2ccncc2)C(c2ccc3c(c2)CCC3=O)=N1. The van der Waals surface area contributed by atoms with Gasteiger partial charge in [-0.2, -0.15) is 0 Å². The smallest absolute Gasteiger partial charge is 0.208 e. The Hall–Kier alpha value is -2.71. The summed E-state index contributed by atoms with van der Waals surface area (Å²) in [6, 6.07) is 9.59. The summed E-state index contributed by atoms with van der Waals surface area (Å²) < 4.78 is 25.7. The van der Waals surface area contributed by atoms with E-state index in [0.717, 1.165) is 46.4 Å². The highest BCUT2D eigenvalue weighted by molar-refractivity contribution is 7.88. The van der Waals surface area contributed by atoms with Crippen LogP contribution in [0, 0.1) is 5.41 Å². The van der Waals surface area contributed by atoms with E-state index in [0.29, 0.717) is 6.42 Å². The summed E-state index contributed by atoms with van der Waals surface area (Å²) in [6.45, 7) is 4.10. The molecule has 1 atom stereocenters. The summed E-state index contributed by atoms with van der Waals surface area (Å²) in [7, 11) is -3.32. The van der Waals surface area contributed by atoms with Gasteiger partial charge in [-0.05, 0) is 30.2 Å². The van der Waals surface area contributed by atoms with Crippen LogP contribution < -0.4 is 4.72 Å². The number of nitrogens with zero attached hydrogens (tertiary/aromatic N) is 3. The van der Waals surface area contributed by atoms with E-state index in [1.807, 2.05) is 44.2 Å². The van der Waals surface area contributed by atoms with Crippen LogP contribution in [0.5, 0.6) is 0 Å². The van der Waals surface area contributed by atoms with E-state index in [-0.39, 0.29) is 12.3 Å². The van der Waals surface area contributed by atoms with Gasteiger partial charge in [0.1, 0.15) is 6.17 Å². The Morgan fingerprint density at radius 1 is 1.03 bits per heavy atom. The first-order valence-electron chi connectivity index (χ1n) is 9.81. The van der Waals surface area contributed by atoms with Crippen molar-refractivity contribution in [3.63, 3.8) is 0 Å². The molecule has 0 bridgehead atoms. The van der Waals surface area contributed by atoms with Crippen LogP contribution in [0.25, 0.3) is 0 Å². The average molecular weight is 425 g/mol. The molecule has 156 valence electrons. The number of rotatable bonds is 6. The molecule has 0 saturated heterocycles. The van der Waals surface area contributed by atoms with Crippen molar-refractivity contribution in [3.05, 3.63) is 65.0 Å². The molecule has 0 saturated carbocycles. The van der Waals surface area contributed by atoms with Gasteiger partial charge in [-0.1, -0.05) is 26.0 Å². The number of aliphatic imine (C=N–C) groups is 2. The fraction of sp³-hybridized carbons (Fsp3) is 0.364. The lowest BCUT2D eigenvalue weighted by Crippen LogP contribution is -2.39. The topological polar surface area (TPSA) is 101 Å². The molecule has 1 aliphatic carbocycles. The summed E-state index contributed by atoms with van der Waals surface area (Å²) in [4.78, 5) is 25.9. The molecule has 4 rings (SSSR count). The Morgan fingerprint density at radius 3 is 2.37 bits per heavy atom. The highest BCUT2D eigenvalue weighted by Crippen LogP contribution is 2.31. The minimum Gasteiger partial charge on any atom is -0.294 e. The first kappa shape index (κ1) is 20.6. The van der Waals surface area contributed by atoms with E-state index < -0.39 is 21.6 Å². The summed E-state index contributed by atoms with van der Waals surface area (Å²) in [5.41, 5.74) is 4.60. The van der Waals surface area contributed by atoms with Gasteiger partial charge in [0.05, 0.1) is 17.7 Å². The predicted octanol–water partition coefficient (Wildman–Crippen LogP) is 2.40. The molecular formula is C22H24N4O3S. The van der Waals surface area contributed by atoms with Gasteiger partial charge in [0.15, 0.2) is 5.78 Å². The van der Waals surface area contributed by atoms with Gasteiger partial charge < -0.3 is 0 Å². The number of hydrogen-bond donors (Lipinski definition) is 1. The van der Waals surface area contributed by atoms with Crippen molar-refractivity contribution in [1.82, 2.24) is 9.71 Å². The number of ketones is 1. The Bertz CT molecular complexity index is 1170. The molecule has 0 amide bonds. The Balaban J connectivity index is 1.74. The lowest BCUT2D eigenvalue weighted by Gasteiger charge is -2.27. The number of hydrogen-bond acceptors (Lipinski definition) is 6. The third-order valence-electron chi connectivity index (χ3n) is 5.47. The van der Waals surface area contributed by atoms with E-state index in [1.54, 1.807) is 12.4 Å². The Morgan fingerprint density at radius 2 is 1.70 bits per heavy atom. The number of carbonyl (C=O) groups excluding carboxylic acids is 1. The van der Waals surface area contributed by atoms with Crippen LogP contribution in [0.4, 0.5) is 0 Å². The quantitative estimate of drug-likeness (QED) is 0.769. The van der Waals surface area contributed by atoms with Crippen LogP contribution in [0.1, 0.15) is 47.3 Å². The number of sulfonamides is 1. The van der Waals surface area contributed by atoms with Crippen molar-refractivity contribution in [2.45, 2.75) is 32.9 Å². The van der Waals surface area contributed by atoms with Crippen molar-refractivity contribution in [2.24, 2.45) is 15.4 Å². The molecule has 2 aliphatic rings. The van der Waals surface area contributed by atoms with Gasteiger partial charge in [0, 0.05) is 47.5 Å². The minimum atomic E-state index is -3.32. The second-order valence-electron chi connectivity index (χ2n) is 8.44. The molecule has 1 aromatic heterocycles. The van der Waals surface area contributed by atoms with E-state index in [9.17, 15) is 13.2 Å². The highest BCUT2D eigenvalue weighted by atomic mass is 32.2. The molecule has 0 fully saturated rings. The van der Waals surface area contributed by atoms with Gasteiger partial charge in [-0.3, -0.25) is 19.8 Å². The third-order valence-corrected chi connectivity index (χ3v) is 6.14. The molecule has 1 aliphatic heterocycles. The van der Waals surface area contributed by atoms with Gasteiger partial charge in [0.25, 0.3) is 0 Å². The van der Waals surface area contributed by atoms with Gasteiger partial charge in [0.2, 0.25) is 10.0 Å². The molecule has 2 heterocycles. The van der Waals surface area contributed by atoms with Crippen LogP contribution in [0.15, 0.2) is 52.7 Å². The number of pyridine rings is 1. The van der Waals surface area contributed by atoms with Gasteiger partial charge in [-0.25, -0.2) is 13.1 Å². The number of aromatic nitrogens is 1. The van der Waals surface area contributed by atoms with E-state index in [1.165, 1.54) is 0 Å². The zero-order chi connectivity index (χ0) is 21.5. The summed E-state index contributed by atoms with van der Waals surface area (Å²) in [5.74, 6) is 0.179. The van der Waals surface area contributed by atoms with Crippen LogP contribution >= 0.6 is 0 Å². The molecule has 1 aromatic carbocycles. The maximum Gasteiger partial charge on any atom is 0.208 e. The minimum absolute atomic E-state index is 0.179. The molecule has 1 unspecified atom stereocenters. The molecular weight excluding hydrogens is 400 g/mol. The lowest BCUT2D eigenvalue weighted by molar-refractivity contribution is 0.0994. The number of nitrogens with one attached hydrogen (secondary N) is 1. The lowest BCUT2D eigenvalue weighted by atomic mass is 9.90. The largest absolute Gasteiger partial charge is 0.294 e. The fourth-order valence-corrected chi connectivity index (χ4v) is 4.32. The first-order chi connectivity index (χ1) is 14.1. The zero-order valence-corrected chi connectivity index (χ0v) is 18.0. The van der Waals surface area contributed by atoms with E-state index >= 15 is 0 Å². The van der Waals surface area contributed by atoms with Crippen LogP contribution in [0.2, 0.25) is 0 Å². The van der Waals surface area contributed by atoms with Crippen molar-refractivity contribution in [2.75, 3.05) is 12.8 Å². The molecule has 0 radical (unpaired) electrons. The van der Waals surface area contributed by atoms with Crippen molar-refractivity contribution < 1.29 is 13.2 Å². The van der Waals surface area contributed by atoms with Gasteiger partial charge >= 0.3 is 0 Å². The van der Waals surface area contributed by atoms with Crippen molar-refractivity contribution in [3.8, 4) is 0 Å². The molecule has 0 spiro atoms. The standard InChI is InChI=1S/C22H24N4O3S/c1-22(2,13-24-30(3,28)29)21-25-19(14-8-10-23-11-9-14)20(26-21)16-4-6-17-15(12-16)5-7-18(17)27/h4,6,8-12,21,24H,5,7,13H2,1-3H3.